The first-order valence-electron chi connectivity index (χ1n) is 13.1. The number of imidazole rings is 1. The van der Waals surface area contributed by atoms with Crippen molar-refractivity contribution in [2.45, 2.75) is 0 Å². The molecule has 0 spiro atoms. The van der Waals surface area contributed by atoms with Gasteiger partial charge >= 0.3 is 0 Å². The quantitative estimate of drug-likeness (QED) is 0.344. The second-order valence-corrected chi connectivity index (χ2v) is 9.41. The molecular weight excluding hydrogens is 500 g/mol. The fourth-order valence-corrected chi connectivity index (χ4v) is 4.59. The van der Waals surface area contributed by atoms with Crippen LogP contribution in [0.1, 0.15) is 32.0 Å². The van der Waals surface area contributed by atoms with Gasteiger partial charge in [-0.1, -0.05) is 36.3 Å². The van der Waals surface area contributed by atoms with Crippen LogP contribution in [0.25, 0.3) is 16.8 Å². The zero-order chi connectivity index (χ0) is 27.3. The molecule has 0 radical (unpaired) electrons. The van der Waals surface area contributed by atoms with Gasteiger partial charge in [0.05, 0.1) is 6.20 Å². The van der Waals surface area contributed by atoms with Crippen molar-refractivity contribution in [1.82, 2.24) is 24.6 Å². The van der Waals surface area contributed by atoms with Crippen molar-refractivity contribution in [2.75, 3.05) is 31.5 Å². The SMILES string of the molecule is O=C(Nc1cc(C#Cc2cnc3ccc(-c4ccc(C(=O)N5CCNCC5)cc4)cn23)ccn1)c1ccccc1. The first-order chi connectivity index (χ1) is 19.6. The first kappa shape index (κ1) is 25.0. The Kier molecular flexibility index (Phi) is 7.03. The Morgan fingerprint density at radius 1 is 0.825 bits per heavy atom. The summed E-state index contributed by atoms with van der Waals surface area (Å²) < 4.78 is 1.95. The largest absolute Gasteiger partial charge is 0.336 e. The van der Waals surface area contributed by atoms with Gasteiger partial charge < -0.3 is 15.5 Å². The van der Waals surface area contributed by atoms with E-state index in [1.165, 1.54) is 0 Å². The Bertz CT molecular complexity index is 1740. The van der Waals surface area contributed by atoms with E-state index in [0.29, 0.717) is 22.5 Å². The Hall–Kier alpha value is -5.26. The molecule has 4 heterocycles. The number of nitrogens with zero attached hydrogens (tertiary/aromatic N) is 4. The van der Waals surface area contributed by atoms with Crippen LogP contribution in [0.3, 0.4) is 0 Å². The number of aromatic nitrogens is 3. The number of benzene rings is 2. The number of fused-ring (bicyclic) bond motifs is 1. The van der Waals surface area contributed by atoms with Crippen LogP contribution in [0.5, 0.6) is 0 Å². The summed E-state index contributed by atoms with van der Waals surface area (Å²) in [6, 6.07) is 24.2. The number of hydrogen-bond acceptors (Lipinski definition) is 5. The molecule has 5 aromatic rings. The average molecular weight is 527 g/mol. The van der Waals surface area contributed by atoms with Gasteiger partial charge in [-0.2, -0.15) is 0 Å². The third-order valence-electron chi connectivity index (χ3n) is 6.75. The van der Waals surface area contributed by atoms with E-state index < -0.39 is 0 Å². The molecule has 8 heteroatoms. The minimum Gasteiger partial charge on any atom is -0.336 e. The Morgan fingerprint density at radius 2 is 1.60 bits per heavy atom. The smallest absolute Gasteiger partial charge is 0.256 e. The Morgan fingerprint density at radius 3 is 2.40 bits per heavy atom. The van der Waals surface area contributed by atoms with Crippen molar-refractivity contribution < 1.29 is 9.59 Å². The minimum atomic E-state index is -0.228. The number of hydrogen-bond donors (Lipinski definition) is 2. The molecule has 1 aliphatic heterocycles. The van der Waals surface area contributed by atoms with Crippen LogP contribution < -0.4 is 10.6 Å². The van der Waals surface area contributed by atoms with E-state index in [-0.39, 0.29) is 11.8 Å². The molecule has 0 unspecified atom stereocenters. The van der Waals surface area contributed by atoms with Crippen LogP contribution in [0.4, 0.5) is 5.82 Å². The van der Waals surface area contributed by atoms with Gasteiger partial charge in [-0.25, -0.2) is 9.97 Å². The molecule has 8 nitrogen and oxygen atoms in total. The summed E-state index contributed by atoms with van der Waals surface area (Å²) in [4.78, 5) is 35.9. The Balaban J connectivity index is 1.20. The molecule has 196 valence electrons. The number of carbonyl (C=O) groups excluding carboxylic acids is 2. The third kappa shape index (κ3) is 5.46. The van der Waals surface area contributed by atoms with Crippen molar-refractivity contribution in [2.24, 2.45) is 0 Å². The summed E-state index contributed by atoms with van der Waals surface area (Å²) in [6.07, 6.45) is 5.35. The number of rotatable bonds is 4. The van der Waals surface area contributed by atoms with Crippen molar-refractivity contribution >= 4 is 23.3 Å². The maximum absolute atomic E-state index is 12.8. The lowest BCUT2D eigenvalue weighted by molar-refractivity contribution is 0.0735. The van der Waals surface area contributed by atoms with E-state index in [1.807, 2.05) is 70.1 Å². The van der Waals surface area contributed by atoms with E-state index in [9.17, 15) is 9.59 Å². The number of nitrogens with one attached hydrogen (secondary N) is 2. The van der Waals surface area contributed by atoms with E-state index in [2.05, 4.69) is 32.4 Å². The summed E-state index contributed by atoms with van der Waals surface area (Å²) >= 11 is 0. The predicted octanol–water partition coefficient (Wildman–Crippen LogP) is 4.09. The molecule has 0 atom stereocenters. The number of pyridine rings is 2. The lowest BCUT2D eigenvalue weighted by atomic mass is 10.0. The second kappa shape index (κ2) is 11.2. The highest BCUT2D eigenvalue weighted by Crippen LogP contribution is 2.22. The summed E-state index contributed by atoms with van der Waals surface area (Å²) in [5, 5.41) is 6.09. The zero-order valence-electron chi connectivity index (χ0n) is 21.7. The van der Waals surface area contributed by atoms with Gasteiger partial charge in [-0.05, 0) is 65.6 Å². The van der Waals surface area contributed by atoms with Crippen molar-refractivity contribution in [1.29, 1.82) is 0 Å². The molecule has 2 amide bonds. The highest BCUT2D eigenvalue weighted by Gasteiger charge is 2.17. The molecule has 1 saturated heterocycles. The summed E-state index contributed by atoms with van der Waals surface area (Å²) in [5.74, 6) is 6.61. The fraction of sp³-hybridized carbons (Fsp3) is 0.125. The van der Waals surface area contributed by atoms with Gasteiger partial charge in [0.15, 0.2) is 0 Å². The van der Waals surface area contributed by atoms with Gasteiger partial charge in [0.25, 0.3) is 11.8 Å². The minimum absolute atomic E-state index is 0.0644. The zero-order valence-corrected chi connectivity index (χ0v) is 21.7. The van der Waals surface area contributed by atoms with E-state index in [1.54, 1.807) is 36.7 Å². The number of anilines is 1. The van der Waals surface area contributed by atoms with E-state index in [0.717, 1.165) is 48.6 Å². The summed E-state index contributed by atoms with van der Waals surface area (Å²) in [5.41, 5.74) is 5.47. The number of amides is 2. The standard InChI is InChI=1S/C32H26N6O2/c39-31(25-4-2-1-3-5-25)36-29-20-23(14-15-34-29)6-12-28-21-35-30-13-11-27(22-38(28)30)24-7-9-26(10-8-24)32(40)37-18-16-33-17-19-37/h1-5,7-11,13-15,20-22,33H,16-19H2,(H,34,36,39). The monoisotopic (exact) mass is 526 g/mol. The predicted molar refractivity (Wildman–Crippen MR) is 154 cm³/mol. The third-order valence-corrected chi connectivity index (χ3v) is 6.75. The maximum Gasteiger partial charge on any atom is 0.256 e. The fourth-order valence-electron chi connectivity index (χ4n) is 4.59. The molecule has 2 aromatic carbocycles. The van der Waals surface area contributed by atoms with Crippen molar-refractivity contribution in [3.8, 4) is 23.0 Å². The molecule has 1 aliphatic rings. The van der Waals surface area contributed by atoms with Gasteiger partial charge in [0.2, 0.25) is 0 Å². The van der Waals surface area contributed by atoms with Crippen LogP contribution in [-0.4, -0.2) is 57.3 Å². The van der Waals surface area contributed by atoms with Gasteiger partial charge in [0, 0.05) is 55.3 Å². The van der Waals surface area contributed by atoms with E-state index >= 15 is 0 Å². The van der Waals surface area contributed by atoms with Crippen molar-refractivity contribution in [3.05, 3.63) is 120 Å². The molecule has 2 N–H and O–H groups in total. The summed E-state index contributed by atoms with van der Waals surface area (Å²) in [6.45, 7) is 3.11. The van der Waals surface area contributed by atoms with Crippen LogP contribution in [0.15, 0.2) is 97.5 Å². The number of piperazine rings is 1. The Labute approximate surface area is 231 Å². The summed E-state index contributed by atoms with van der Waals surface area (Å²) in [7, 11) is 0. The average Bonchev–Trinajstić information content (AvgIpc) is 3.43. The number of carbonyl (C=O) groups is 2. The van der Waals surface area contributed by atoms with Crippen LogP contribution in [0, 0.1) is 11.8 Å². The highest BCUT2D eigenvalue weighted by molar-refractivity contribution is 6.03. The molecule has 0 bridgehead atoms. The first-order valence-corrected chi connectivity index (χ1v) is 13.1. The highest BCUT2D eigenvalue weighted by atomic mass is 16.2. The normalized spacial score (nSPS) is 12.9. The lowest BCUT2D eigenvalue weighted by Gasteiger charge is -2.27. The maximum atomic E-state index is 12.8. The van der Waals surface area contributed by atoms with Gasteiger partial charge in [-0.15, -0.1) is 0 Å². The molecule has 6 rings (SSSR count). The van der Waals surface area contributed by atoms with Crippen LogP contribution in [-0.2, 0) is 0 Å². The van der Waals surface area contributed by atoms with Crippen LogP contribution in [0.2, 0.25) is 0 Å². The van der Waals surface area contributed by atoms with Crippen LogP contribution >= 0.6 is 0 Å². The van der Waals surface area contributed by atoms with Gasteiger partial charge in [-0.3, -0.25) is 14.0 Å². The molecule has 0 aliphatic carbocycles. The van der Waals surface area contributed by atoms with E-state index in [4.69, 9.17) is 0 Å². The van der Waals surface area contributed by atoms with Gasteiger partial charge in [0.1, 0.15) is 17.2 Å². The molecular formula is C32H26N6O2. The lowest BCUT2D eigenvalue weighted by Crippen LogP contribution is -2.46. The second-order valence-electron chi connectivity index (χ2n) is 9.41. The van der Waals surface area contributed by atoms with Crippen molar-refractivity contribution in [3.63, 3.8) is 0 Å². The molecule has 1 fully saturated rings. The molecule has 3 aromatic heterocycles. The molecule has 0 saturated carbocycles. The molecule has 40 heavy (non-hydrogen) atoms. The topological polar surface area (TPSA) is 91.6 Å².